The second-order valence-electron chi connectivity index (χ2n) is 9.14. The number of rotatable bonds is 4. The summed E-state index contributed by atoms with van der Waals surface area (Å²) in [7, 11) is 0. The second kappa shape index (κ2) is 8.35. The number of carbonyl (C=O) groups excluding carboxylic acids is 3. The monoisotopic (exact) mass is 400 g/mol. The molecule has 3 aliphatic rings. The molecule has 1 saturated carbocycles. The largest absolute Gasteiger partial charge is 0.353 e. The zero-order valence-electron chi connectivity index (χ0n) is 16.6. The van der Waals surface area contributed by atoms with Crippen molar-refractivity contribution >= 4 is 30.3 Å². The summed E-state index contributed by atoms with van der Waals surface area (Å²) < 4.78 is 0. The number of nitrogens with zero attached hydrogens (tertiary/aromatic N) is 1. The fourth-order valence-corrected chi connectivity index (χ4v) is 4.50. The highest BCUT2D eigenvalue weighted by Gasteiger charge is 2.53. The molecule has 1 unspecified atom stereocenters. The summed E-state index contributed by atoms with van der Waals surface area (Å²) >= 11 is 0. The van der Waals surface area contributed by atoms with Gasteiger partial charge in [-0.1, -0.05) is 20.8 Å². The van der Waals surface area contributed by atoms with Crippen LogP contribution in [0.1, 0.15) is 59.3 Å². The second-order valence-corrected chi connectivity index (χ2v) is 9.14. The lowest BCUT2D eigenvalue weighted by Gasteiger charge is -2.40. The SMILES string of the molecule is CC(C)(C)C1CCC2(CC1)NC(=O)N(CC(=O)NCC1CCCN1)C2=O.Cl. The first-order valence-electron chi connectivity index (χ1n) is 9.85. The van der Waals surface area contributed by atoms with Crippen LogP contribution in [0.3, 0.4) is 0 Å². The van der Waals surface area contributed by atoms with E-state index in [-0.39, 0.29) is 36.2 Å². The first-order valence-corrected chi connectivity index (χ1v) is 9.85. The number of nitrogens with one attached hydrogen (secondary N) is 3. The third-order valence-electron chi connectivity index (χ3n) is 6.32. The van der Waals surface area contributed by atoms with Crippen molar-refractivity contribution in [2.45, 2.75) is 70.9 Å². The molecule has 1 aliphatic carbocycles. The molecule has 1 spiro atoms. The standard InChI is InChI=1S/C19H32N4O3.ClH/c1-18(2,3)13-6-8-19(9-7-13)16(25)23(17(26)22-19)12-15(24)21-11-14-5-4-10-20-14;/h13-14,20H,4-12H2,1-3H3,(H,21,24)(H,22,26);1H. The maximum atomic E-state index is 12.9. The highest BCUT2D eigenvalue weighted by Crippen LogP contribution is 2.43. The molecule has 3 rings (SSSR count). The van der Waals surface area contributed by atoms with Crippen LogP contribution in [0.5, 0.6) is 0 Å². The molecule has 7 nitrogen and oxygen atoms in total. The quantitative estimate of drug-likeness (QED) is 0.627. The van der Waals surface area contributed by atoms with E-state index in [2.05, 4.69) is 36.7 Å². The lowest BCUT2D eigenvalue weighted by atomic mass is 9.67. The van der Waals surface area contributed by atoms with Gasteiger partial charge >= 0.3 is 6.03 Å². The molecular formula is C19H33ClN4O3. The van der Waals surface area contributed by atoms with E-state index in [1.807, 2.05) is 0 Å². The van der Waals surface area contributed by atoms with Crippen molar-refractivity contribution in [2.24, 2.45) is 11.3 Å². The number of hydrogen-bond donors (Lipinski definition) is 3. The molecule has 27 heavy (non-hydrogen) atoms. The highest BCUT2D eigenvalue weighted by molar-refractivity contribution is 6.09. The van der Waals surface area contributed by atoms with Crippen LogP contribution in [0.15, 0.2) is 0 Å². The van der Waals surface area contributed by atoms with Gasteiger partial charge in [0.2, 0.25) is 5.91 Å². The van der Waals surface area contributed by atoms with Crippen molar-refractivity contribution in [1.82, 2.24) is 20.9 Å². The van der Waals surface area contributed by atoms with Gasteiger partial charge in [0.15, 0.2) is 0 Å². The normalized spacial score (nSPS) is 31.0. The van der Waals surface area contributed by atoms with Gasteiger partial charge in [0.05, 0.1) is 0 Å². The molecule has 0 aromatic heterocycles. The van der Waals surface area contributed by atoms with E-state index in [4.69, 9.17) is 0 Å². The van der Waals surface area contributed by atoms with Crippen molar-refractivity contribution in [3.05, 3.63) is 0 Å². The predicted molar refractivity (Wildman–Crippen MR) is 106 cm³/mol. The van der Waals surface area contributed by atoms with Gasteiger partial charge in [0.25, 0.3) is 5.91 Å². The molecule has 4 amide bonds. The van der Waals surface area contributed by atoms with E-state index in [1.54, 1.807) is 0 Å². The van der Waals surface area contributed by atoms with Crippen LogP contribution >= 0.6 is 12.4 Å². The number of hydrogen-bond acceptors (Lipinski definition) is 4. The third-order valence-corrected chi connectivity index (χ3v) is 6.32. The summed E-state index contributed by atoms with van der Waals surface area (Å²) in [5.74, 6) is 0.0423. The molecule has 3 fully saturated rings. The van der Waals surface area contributed by atoms with Crippen molar-refractivity contribution in [1.29, 1.82) is 0 Å². The molecule has 154 valence electrons. The molecule has 2 aliphatic heterocycles. The summed E-state index contributed by atoms with van der Waals surface area (Å²) in [6.07, 6.45) is 5.31. The van der Waals surface area contributed by atoms with Crippen LogP contribution in [0.25, 0.3) is 0 Å². The number of urea groups is 1. The zero-order chi connectivity index (χ0) is 18.9. The Bertz CT molecular complexity index is 576. The maximum absolute atomic E-state index is 12.9. The average Bonchev–Trinajstić information content (AvgIpc) is 3.16. The number of carbonyl (C=O) groups is 3. The van der Waals surface area contributed by atoms with Crippen LogP contribution in [0.2, 0.25) is 0 Å². The summed E-state index contributed by atoms with van der Waals surface area (Å²) in [5.41, 5.74) is -0.590. The van der Waals surface area contributed by atoms with Gasteiger partial charge in [0, 0.05) is 12.6 Å². The summed E-state index contributed by atoms with van der Waals surface area (Å²) in [6, 6.07) is -0.139. The first kappa shape index (κ1) is 22.0. The lowest BCUT2D eigenvalue weighted by molar-refractivity contribution is -0.136. The predicted octanol–water partition coefficient (Wildman–Crippen LogP) is 1.80. The molecule has 2 saturated heterocycles. The van der Waals surface area contributed by atoms with Crippen molar-refractivity contribution in [3.63, 3.8) is 0 Å². The Balaban J connectivity index is 0.00000261. The van der Waals surface area contributed by atoms with E-state index < -0.39 is 11.6 Å². The van der Waals surface area contributed by atoms with Gasteiger partial charge in [-0.15, -0.1) is 12.4 Å². The first-order chi connectivity index (χ1) is 12.2. The fraction of sp³-hybridized carbons (Fsp3) is 0.842. The van der Waals surface area contributed by atoms with Crippen molar-refractivity contribution in [2.75, 3.05) is 19.6 Å². The highest BCUT2D eigenvalue weighted by atomic mass is 35.5. The van der Waals surface area contributed by atoms with Gasteiger partial charge in [-0.05, 0) is 56.4 Å². The topological polar surface area (TPSA) is 90.5 Å². The van der Waals surface area contributed by atoms with E-state index in [0.717, 1.165) is 37.1 Å². The molecule has 3 N–H and O–H groups in total. The summed E-state index contributed by atoms with van der Waals surface area (Å²) in [4.78, 5) is 38.5. The van der Waals surface area contributed by atoms with Gasteiger partial charge < -0.3 is 16.0 Å². The fourth-order valence-electron chi connectivity index (χ4n) is 4.50. The molecule has 0 aromatic rings. The molecule has 0 bridgehead atoms. The van der Waals surface area contributed by atoms with Crippen LogP contribution in [-0.2, 0) is 9.59 Å². The Morgan fingerprint density at radius 2 is 1.89 bits per heavy atom. The van der Waals surface area contributed by atoms with E-state index in [9.17, 15) is 14.4 Å². The van der Waals surface area contributed by atoms with Crippen molar-refractivity contribution in [3.8, 4) is 0 Å². The maximum Gasteiger partial charge on any atom is 0.325 e. The minimum Gasteiger partial charge on any atom is -0.353 e. The minimum atomic E-state index is -0.799. The van der Waals surface area contributed by atoms with Gasteiger partial charge in [-0.25, -0.2) is 4.79 Å². The minimum absolute atomic E-state index is 0. The molecule has 2 heterocycles. The number of imide groups is 1. The zero-order valence-corrected chi connectivity index (χ0v) is 17.4. The van der Waals surface area contributed by atoms with Crippen LogP contribution in [0.4, 0.5) is 4.79 Å². The number of halogens is 1. The van der Waals surface area contributed by atoms with Gasteiger partial charge in [-0.3, -0.25) is 14.5 Å². The van der Waals surface area contributed by atoms with E-state index in [1.165, 1.54) is 0 Å². The molecule has 1 atom stereocenters. The molecule has 0 aromatic carbocycles. The van der Waals surface area contributed by atoms with Crippen LogP contribution in [-0.4, -0.2) is 54.0 Å². The Morgan fingerprint density at radius 3 is 2.44 bits per heavy atom. The average molecular weight is 401 g/mol. The van der Waals surface area contributed by atoms with Crippen LogP contribution in [0, 0.1) is 11.3 Å². The number of amides is 4. The van der Waals surface area contributed by atoms with Gasteiger partial charge in [0.1, 0.15) is 12.1 Å². The van der Waals surface area contributed by atoms with Gasteiger partial charge in [-0.2, -0.15) is 0 Å². The Labute approximate surface area is 167 Å². The lowest BCUT2D eigenvalue weighted by Crippen LogP contribution is -2.51. The molecule has 0 radical (unpaired) electrons. The van der Waals surface area contributed by atoms with E-state index >= 15 is 0 Å². The van der Waals surface area contributed by atoms with Crippen LogP contribution < -0.4 is 16.0 Å². The molecular weight excluding hydrogens is 368 g/mol. The Kier molecular flexibility index (Phi) is 6.79. The van der Waals surface area contributed by atoms with Crippen molar-refractivity contribution < 1.29 is 14.4 Å². The summed E-state index contributed by atoms with van der Waals surface area (Å²) in [6.45, 7) is 8.00. The summed E-state index contributed by atoms with van der Waals surface area (Å²) in [5, 5.41) is 9.04. The molecule has 8 heteroatoms. The Hall–Kier alpha value is -1.34. The van der Waals surface area contributed by atoms with E-state index in [0.29, 0.717) is 31.3 Å². The third kappa shape index (κ3) is 4.74. The Morgan fingerprint density at radius 1 is 1.22 bits per heavy atom. The smallest absolute Gasteiger partial charge is 0.325 e.